The normalized spacial score (nSPS) is 10.8. The van der Waals surface area contributed by atoms with E-state index in [4.69, 9.17) is 27.7 Å². The summed E-state index contributed by atoms with van der Waals surface area (Å²) in [4.78, 5) is 4.17. The van der Waals surface area contributed by atoms with Crippen molar-refractivity contribution in [3.63, 3.8) is 0 Å². The van der Waals surface area contributed by atoms with E-state index in [0.29, 0.717) is 15.6 Å². The molecule has 0 saturated carbocycles. The molecule has 0 aliphatic heterocycles. The van der Waals surface area contributed by atoms with Gasteiger partial charge in [0.15, 0.2) is 11.5 Å². The molecule has 0 amide bonds. The molecule has 7 heteroatoms. The molecular formula is C14H8Cl2N2O3. The highest BCUT2D eigenvalue weighted by molar-refractivity contribution is 6.35. The number of para-hydroxylation sites is 1. The van der Waals surface area contributed by atoms with Crippen LogP contribution in [0.2, 0.25) is 10.0 Å². The third-order valence-electron chi connectivity index (χ3n) is 2.79. The van der Waals surface area contributed by atoms with Gasteiger partial charge in [-0.25, -0.2) is 0 Å². The Morgan fingerprint density at radius 2 is 1.71 bits per heavy atom. The number of phenolic OH excluding ortho intramolecular Hbond substituents is 2. The highest BCUT2D eigenvalue weighted by Crippen LogP contribution is 2.36. The molecule has 1 heterocycles. The van der Waals surface area contributed by atoms with Gasteiger partial charge >= 0.3 is 0 Å². The van der Waals surface area contributed by atoms with Crippen molar-refractivity contribution in [3.05, 3.63) is 46.4 Å². The fraction of sp³-hybridized carbons (Fsp3) is 0. The SMILES string of the molecule is Oc1cccc(-c2nc(-c3cc(Cl)cc(Cl)c3)no2)c1O. The zero-order valence-electron chi connectivity index (χ0n) is 10.4. The molecule has 0 saturated heterocycles. The van der Waals surface area contributed by atoms with Crippen LogP contribution in [0.4, 0.5) is 0 Å². The number of hydrogen-bond donors (Lipinski definition) is 2. The Hall–Kier alpha value is -2.24. The standard InChI is InChI=1S/C14H8Cl2N2O3/c15-8-4-7(5-9(16)6-8)13-17-14(21-18-13)10-2-1-3-11(19)12(10)20/h1-6,19-20H. The minimum Gasteiger partial charge on any atom is -0.504 e. The van der Waals surface area contributed by atoms with Crippen molar-refractivity contribution < 1.29 is 14.7 Å². The van der Waals surface area contributed by atoms with Crippen LogP contribution in [0.3, 0.4) is 0 Å². The molecule has 3 rings (SSSR count). The lowest BCUT2D eigenvalue weighted by atomic mass is 10.2. The van der Waals surface area contributed by atoms with Gasteiger partial charge in [0.25, 0.3) is 5.89 Å². The van der Waals surface area contributed by atoms with E-state index in [9.17, 15) is 10.2 Å². The predicted molar refractivity (Wildman–Crippen MR) is 78.5 cm³/mol. The molecule has 0 radical (unpaired) electrons. The Morgan fingerprint density at radius 3 is 2.43 bits per heavy atom. The summed E-state index contributed by atoms with van der Waals surface area (Å²) in [5.74, 6) is -0.235. The Balaban J connectivity index is 2.06. The maximum atomic E-state index is 9.80. The highest BCUT2D eigenvalue weighted by Gasteiger charge is 2.16. The van der Waals surface area contributed by atoms with Crippen LogP contribution in [0.15, 0.2) is 40.9 Å². The lowest BCUT2D eigenvalue weighted by molar-refractivity contribution is 0.397. The van der Waals surface area contributed by atoms with Crippen LogP contribution in [0, 0.1) is 0 Å². The maximum Gasteiger partial charge on any atom is 0.262 e. The number of hydrogen-bond acceptors (Lipinski definition) is 5. The second kappa shape index (κ2) is 5.27. The molecule has 2 N–H and O–H groups in total. The maximum absolute atomic E-state index is 9.80. The average molecular weight is 323 g/mol. The average Bonchev–Trinajstić information content (AvgIpc) is 2.90. The second-order valence-electron chi connectivity index (χ2n) is 4.25. The van der Waals surface area contributed by atoms with Gasteiger partial charge in [0.05, 0.1) is 5.56 Å². The number of halogens is 2. The summed E-state index contributed by atoms with van der Waals surface area (Å²) in [6, 6.07) is 9.35. The number of rotatable bonds is 2. The lowest BCUT2D eigenvalue weighted by Crippen LogP contribution is -1.83. The third kappa shape index (κ3) is 2.66. The third-order valence-corrected chi connectivity index (χ3v) is 3.23. The molecule has 2 aromatic carbocycles. The molecule has 5 nitrogen and oxygen atoms in total. The van der Waals surface area contributed by atoms with Crippen molar-refractivity contribution >= 4 is 23.2 Å². The van der Waals surface area contributed by atoms with Gasteiger partial charge in [-0.1, -0.05) is 34.4 Å². The van der Waals surface area contributed by atoms with Crippen LogP contribution in [-0.2, 0) is 0 Å². The summed E-state index contributed by atoms with van der Waals surface area (Å²) in [6.45, 7) is 0. The van der Waals surface area contributed by atoms with Crippen molar-refractivity contribution in [2.75, 3.05) is 0 Å². The Bertz CT molecular complexity index is 797. The Kier molecular flexibility index (Phi) is 3.45. The number of phenols is 2. The summed E-state index contributed by atoms with van der Waals surface area (Å²) < 4.78 is 5.10. The van der Waals surface area contributed by atoms with Crippen LogP contribution in [0.25, 0.3) is 22.8 Å². The zero-order valence-corrected chi connectivity index (χ0v) is 11.9. The summed E-state index contributed by atoms with van der Waals surface area (Å²) in [5.41, 5.74) is 0.823. The minimum atomic E-state index is -0.322. The molecule has 106 valence electrons. The smallest absolute Gasteiger partial charge is 0.262 e. The highest BCUT2D eigenvalue weighted by atomic mass is 35.5. The van der Waals surface area contributed by atoms with Gasteiger partial charge in [-0.3, -0.25) is 0 Å². The monoisotopic (exact) mass is 322 g/mol. The Morgan fingerprint density at radius 1 is 1.00 bits per heavy atom. The summed E-state index contributed by atoms with van der Waals surface area (Å²) >= 11 is 11.9. The van der Waals surface area contributed by atoms with E-state index < -0.39 is 0 Å². The minimum absolute atomic E-state index is 0.0782. The van der Waals surface area contributed by atoms with Gasteiger partial charge in [-0.15, -0.1) is 0 Å². The Labute approximate surface area is 129 Å². The predicted octanol–water partition coefficient (Wildman–Crippen LogP) is 4.12. The van der Waals surface area contributed by atoms with Crippen molar-refractivity contribution in [1.29, 1.82) is 0 Å². The van der Waals surface area contributed by atoms with Gasteiger partial charge in [-0.05, 0) is 30.3 Å². The molecule has 3 aromatic rings. The van der Waals surface area contributed by atoms with Gasteiger partial charge in [0, 0.05) is 15.6 Å². The van der Waals surface area contributed by atoms with E-state index in [0.717, 1.165) is 0 Å². The van der Waals surface area contributed by atoms with E-state index in [1.807, 2.05) is 0 Å². The largest absolute Gasteiger partial charge is 0.504 e. The van der Waals surface area contributed by atoms with Crippen LogP contribution in [0.1, 0.15) is 0 Å². The lowest BCUT2D eigenvalue weighted by Gasteiger charge is -2.00. The second-order valence-corrected chi connectivity index (χ2v) is 5.13. The van der Waals surface area contributed by atoms with E-state index in [-0.39, 0.29) is 28.8 Å². The van der Waals surface area contributed by atoms with E-state index >= 15 is 0 Å². The van der Waals surface area contributed by atoms with Crippen molar-refractivity contribution in [1.82, 2.24) is 10.1 Å². The topological polar surface area (TPSA) is 79.4 Å². The first kappa shape index (κ1) is 13.7. The van der Waals surface area contributed by atoms with Gasteiger partial charge in [-0.2, -0.15) is 4.98 Å². The zero-order chi connectivity index (χ0) is 15.0. The van der Waals surface area contributed by atoms with E-state index in [1.165, 1.54) is 6.07 Å². The molecular weight excluding hydrogens is 315 g/mol. The number of nitrogens with zero attached hydrogens (tertiary/aromatic N) is 2. The van der Waals surface area contributed by atoms with Crippen molar-refractivity contribution in [3.8, 4) is 34.3 Å². The molecule has 1 aromatic heterocycles. The van der Waals surface area contributed by atoms with E-state index in [1.54, 1.807) is 30.3 Å². The first-order valence-corrected chi connectivity index (χ1v) is 6.61. The number of aromatic nitrogens is 2. The van der Waals surface area contributed by atoms with Crippen LogP contribution in [0.5, 0.6) is 11.5 Å². The van der Waals surface area contributed by atoms with Gasteiger partial charge in [0.2, 0.25) is 5.82 Å². The van der Waals surface area contributed by atoms with Crippen molar-refractivity contribution in [2.45, 2.75) is 0 Å². The fourth-order valence-electron chi connectivity index (χ4n) is 1.84. The summed E-state index contributed by atoms with van der Waals surface area (Å²) in [6.07, 6.45) is 0. The molecule has 0 fully saturated rings. The van der Waals surface area contributed by atoms with Crippen LogP contribution in [-0.4, -0.2) is 20.4 Å². The van der Waals surface area contributed by atoms with E-state index in [2.05, 4.69) is 10.1 Å². The summed E-state index contributed by atoms with van der Waals surface area (Å²) in [5, 5.41) is 24.0. The molecule has 0 aliphatic rings. The fourth-order valence-corrected chi connectivity index (χ4v) is 2.36. The first-order chi connectivity index (χ1) is 10.0. The molecule has 0 aliphatic carbocycles. The molecule has 21 heavy (non-hydrogen) atoms. The van der Waals surface area contributed by atoms with Gasteiger partial charge < -0.3 is 14.7 Å². The number of benzene rings is 2. The molecule has 0 atom stereocenters. The van der Waals surface area contributed by atoms with Crippen LogP contribution >= 0.6 is 23.2 Å². The molecule has 0 unspecified atom stereocenters. The van der Waals surface area contributed by atoms with Crippen molar-refractivity contribution in [2.24, 2.45) is 0 Å². The number of aromatic hydroxyl groups is 2. The van der Waals surface area contributed by atoms with Gasteiger partial charge in [0.1, 0.15) is 0 Å². The molecule has 0 spiro atoms. The summed E-state index contributed by atoms with van der Waals surface area (Å²) in [7, 11) is 0. The molecule has 0 bridgehead atoms. The van der Waals surface area contributed by atoms with Crippen LogP contribution < -0.4 is 0 Å². The quantitative estimate of drug-likeness (QED) is 0.694. The first-order valence-electron chi connectivity index (χ1n) is 5.86.